The lowest BCUT2D eigenvalue weighted by molar-refractivity contribution is 0.112. The van der Waals surface area contributed by atoms with Crippen LogP contribution in [0.25, 0.3) is 22.1 Å². The predicted octanol–water partition coefficient (Wildman–Crippen LogP) is 3.27. The van der Waals surface area contributed by atoms with Gasteiger partial charge in [-0.3, -0.25) is 10.1 Å². The third kappa shape index (κ3) is 1.93. The fourth-order valence-electron chi connectivity index (χ4n) is 2.42. The van der Waals surface area contributed by atoms with Crippen LogP contribution in [0.2, 0.25) is 0 Å². The highest BCUT2D eigenvalue weighted by molar-refractivity contribution is 5.86. The summed E-state index contributed by atoms with van der Waals surface area (Å²) in [6.07, 6.45) is 0.808. The zero-order valence-electron chi connectivity index (χ0n) is 11.8. The molecule has 0 aliphatic carbocycles. The first-order valence-corrected chi connectivity index (χ1v) is 6.79. The van der Waals surface area contributed by atoms with Gasteiger partial charge in [0.2, 0.25) is 5.95 Å². The number of hydrogen-bond donors (Lipinski definition) is 1. The van der Waals surface area contributed by atoms with Gasteiger partial charge in [-0.05, 0) is 30.3 Å². The second-order valence-electron chi connectivity index (χ2n) is 4.97. The lowest BCUT2D eigenvalue weighted by Gasteiger charge is -2.01. The van der Waals surface area contributed by atoms with Crippen molar-refractivity contribution in [1.82, 2.24) is 14.5 Å². The van der Waals surface area contributed by atoms with Gasteiger partial charge < -0.3 is 8.98 Å². The van der Waals surface area contributed by atoms with Crippen molar-refractivity contribution >= 4 is 40.4 Å². The van der Waals surface area contributed by atoms with Crippen LogP contribution in [0, 0.1) is 0 Å². The standard InChI is InChI=1S/C16H12N4O2/c1-20-13-7-6-10(9-21)8-12(13)17-15(20)19-16-18-11-4-2-3-5-14(11)22-16/h2-9H,1H3,(H,17,18,19). The number of aldehydes is 1. The van der Waals surface area contributed by atoms with Crippen LogP contribution in [0.5, 0.6) is 0 Å². The number of nitrogens with zero attached hydrogens (tertiary/aromatic N) is 3. The molecule has 2 aromatic carbocycles. The molecular weight excluding hydrogens is 280 g/mol. The number of nitrogens with one attached hydrogen (secondary N) is 1. The maximum Gasteiger partial charge on any atom is 0.302 e. The summed E-state index contributed by atoms with van der Waals surface area (Å²) in [6, 6.07) is 13.3. The quantitative estimate of drug-likeness (QED) is 0.587. The van der Waals surface area contributed by atoms with Gasteiger partial charge in [0.25, 0.3) is 0 Å². The van der Waals surface area contributed by atoms with E-state index < -0.39 is 0 Å². The molecule has 0 amide bonds. The Morgan fingerprint density at radius 3 is 2.82 bits per heavy atom. The van der Waals surface area contributed by atoms with Gasteiger partial charge in [-0.2, -0.15) is 4.98 Å². The summed E-state index contributed by atoms with van der Waals surface area (Å²) >= 11 is 0. The molecule has 6 nitrogen and oxygen atoms in total. The van der Waals surface area contributed by atoms with Gasteiger partial charge in [-0.15, -0.1) is 0 Å². The number of hydrogen-bond acceptors (Lipinski definition) is 5. The number of fused-ring (bicyclic) bond motifs is 2. The van der Waals surface area contributed by atoms with Crippen molar-refractivity contribution in [3.05, 3.63) is 48.0 Å². The van der Waals surface area contributed by atoms with E-state index >= 15 is 0 Å². The Balaban J connectivity index is 1.77. The summed E-state index contributed by atoms with van der Waals surface area (Å²) in [6.45, 7) is 0. The molecule has 0 saturated heterocycles. The zero-order valence-corrected chi connectivity index (χ0v) is 11.8. The highest BCUT2D eigenvalue weighted by Crippen LogP contribution is 2.24. The molecule has 0 aliphatic rings. The molecule has 6 heteroatoms. The van der Waals surface area contributed by atoms with E-state index in [0.717, 1.165) is 22.8 Å². The Labute approximate surface area is 125 Å². The van der Waals surface area contributed by atoms with Gasteiger partial charge in [0.1, 0.15) is 11.8 Å². The van der Waals surface area contributed by atoms with E-state index in [1.807, 2.05) is 41.9 Å². The van der Waals surface area contributed by atoms with Gasteiger partial charge in [0.15, 0.2) is 5.58 Å². The van der Waals surface area contributed by atoms with E-state index in [4.69, 9.17) is 4.42 Å². The normalized spacial score (nSPS) is 11.1. The summed E-state index contributed by atoms with van der Waals surface area (Å²) in [7, 11) is 1.89. The first kappa shape index (κ1) is 12.6. The summed E-state index contributed by atoms with van der Waals surface area (Å²) in [4.78, 5) is 19.7. The van der Waals surface area contributed by atoms with Crippen molar-refractivity contribution < 1.29 is 9.21 Å². The molecule has 108 valence electrons. The van der Waals surface area contributed by atoms with Gasteiger partial charge in [-0.25, -0.2) is 4.98 Å². The second-order valence-corrected chi connectivity index (χ2v) is 4.97. The molecule has 4 aromatic rings. The van der Waals surface area contributed by atoms with Crippen molar-refractivity contribution in [1.29, 1.82) is 0 Å². The average Bonchev–Trinajstić information content (AvgIpc) is 3.08. The fraction of sp³-hybridized carbons (Fsp3) is 0.0625. The number of oxazole rings is 1. The summed E-state index contributed by atoms with van der Waals surface area (Å²) in [5.41, 5.74) is 3.76. The number of aromatic nitrogens is 3. The molecule has 0 unspecified atom stereocenters. The number of aryl methyl sites for hydroxylation is 1. The van der Waals surface area contributed by atoms with Gasteiger partial charge in [-0.1, -0.05) is 12.1 Å². The largest absolute Gasteiger partial charge is 0.423 e. The molecule has 0 bridgehead atoms. The molecule has 0 fully saturated rings. The molecule has 22 heavy (non-hydrogen) atoms. The lowest BCUT2D eigenvalue weighted by atomic mass is 10.2. The van der Waals surface area contributed by atoms with Gasteiger partial charge in [0.05, 0.1) is 11.0 Å². The van der Waals surface area contributed by atoms with E-state index in [1.165, 1.54) is 0 Å². The van der Waals surface area contributed by atoms with Crippen molar-refractivity contribution in [2.45, 2.75) is 0 Å². The van der Waals surface area contributed by atoms with Crippen LogP contribution >= 0.6 is 0 Å². The third-order valence-corrected chi connectivity index (χ3v) is 3.55. The monoisotopic (exact) mass is 292 g/mol. The van der Waals surface area contributed by atoms with Gasteiger partial charge in [0, 0.05) is 12.6 Å². The average molecular weight is 292 g/mol. The Hall–Kier alpha value is -3.15. The minimum Gasteiger partial charge on any atom is -0.423 e. The van der Waals surface area contributed by atoms with Crippen LogP contribution in [-0.4, -0.2) is 20.8 Å². The first-order chi connectivity index (χ1) is 10.7. The van der Waals surface area contributed by atoms with Crippen LogP contribution < -0.4 is 5.32 Å². The fourth-order valence-corrected chi connectivity index (χ4v) is 2.42. The van der Waals surface area contributed by atoms with Crippen molar-refractivity contribution in [3.63, 3.8) is 0 Å². The predicted molar refractivity (Wildman–Crippen MR) is 83.4 cm³/mol. The number of rotatable bonds is 3. The molecule has 0 radical (unpaired) electrons. The van der Waals surface area contributed by atoms with Crippen molar-refractivity contribution in [3.8, 4) is 0 Å². The Morgan fingerprint density at radius 2 is 2.00 bits per heavy atom. The highest BCUT2D eigenvalue weighted by Gasteiger charge is 2.11. The van der Waals surface area contributed by atoms with Crippen molar-refractivity contribution in [2.75, 3.05) is 5.32 Å². The Kier molecular flexibility index (Phi) is 2.69. The van der Waals surface area contributed by atoms with E-state index in [2.05, 4.69) is 15.3 Å². The minimum absolute atomic E-state index is 0.384. The van der Waals surface area contributed by atoms with E-state index in [-0.39, 0.29) is 0 Å². The number of carbonyl (C=O) groups is 1. The molecule has 0 aliphatic heterocycles. The summed E-state index contributed by atoms with van der Waals surface area (Å²) in [5.74, 6) is 0.601. The number of carbonyl (C=O) groups excluding carboxylic acids is 1. The molecule has 0 spiro atoms. The van der Waals surface area contributed by atoms with E-state index in [1.54, 1.807) is 12.1 Å². The molecule has 4 rings (SSSR count). The van der Waals surface area contributed by atoms with Crippen LogP contribution in [0.1, 0.15) is 10.4 Å². The van der Waals surface area contributed by atoms with E-state index in [9.17, 15) is 4.79 Å². The van der Waals surface area contributed by atoms with Crippen LogP contribution in [-0.2, 0) is 7.05 Å². The van der Waals surface area contributed by atoms with Crippen LogP contribution in [0.4, 0.5) is 12.0 Å². The summed E-state index contributed by atoms with van der Waals surface area (Å²) in [5, 5.41) is 3.07. The smallest absolute Gasteiger partial charge is 0.302 e. The van der Waals surface area contributed by atoms with Gasteiger partial charge >= 0.3 is 6.01 Å². The molecule has 2 heterocycles. The Morgan fingerprint density at radius 1 is 1.14 bits per heavy atom. The number of benzene rings is 2. The van der Waals surface area contributed by atoms with E-state index in [0.29, 0.717) is 23.1 Å². The number of anilines is 2. The molecule has 1 N–H and O–H groups in total. The second kappa shape index (κ2) is 4.70. The Bertz CT molecular complexity index is 967. The van der Waals surface area contributed by atoms with Crippen molar-refractivity contribution in [2.24, 2.45) is 7.05 Å². The SMILES string of the molecule is Cn1c(Nc2nc3ccccc3o2)nc2cc(C=O)ccc21. The highest BCUT2D eigenvalue weighted by atomic mass is 16.4. The first-order valence-electron chi connectivity index (χ1n) is 6.79. The molecular formula is C16H12N4O2. The number of para-hydroxylation sites is 2. The molecule has 2 aromatic heterocycles. The lowest BCUT2D eigenvalue weighted by Crippen LogP contribution is -1.98. The number of imidazole rings is 1. The van der Waals surface area contributed by atoms with Crippen LogP contribution in [0.15, 0.2) is 46.9 Å². The third-order valence-electron chi connectivity index (χ3n) is 3.55. The summed E-state index contributed by atoms with van der Waals surface area (Å²) < 4.78 is 7.52. The zero-order chi connectivity index (χ0) is 15.1. The minimum atomic E-state index is 0.384. The topological polar surface area (TPSA) is 73.0 Å². The molecule has 0 atom stereocenters. The maximum atomic E-state index is 10.9. The van der Waals surface area contributed by atoms with Crippen LogP contribution in [0.3, 0.4) is 0 Å². The maximum absolute atomic E-state index is 10.9. The molecule has 0 saturated carbocycles.